The number of benzene rings is 2. The zero-order valence-corrected chi connectivity index (χ0v) is 19.7. The van der Waals surface area contributed by atoms with Gasteiger partial charge in [-0.15, -0.1) is 0 Å². The largest absolute Gasteiger partial charge is 0.489 e. The number of halogens is 1. The lowest BCUT2D eigenvalue weighted by atomic mass is 10.1. The molecule has 12 heteroatoms. The molecule has 0 atom stereocenters. The topological polar surface area (TPSA) is 118 Å². The van der Waals surface area contributed by atoms with E-state index in [9.17, 15) is 14.5 Å². The second-order valence-corrected chi connectivity index (χ2v) is 8.39. The molecule has 190 valence electrons. The second-order valence-electron chi connectivity index (χ2n) is 8.39. The van der Waals surface area contributed by atoms with Crippen LogP contribution in [-0.4, -0.2) is 72.5 Å². The average Bonchev–Trinajstić information content (AvgIpc) is 2.89. The first kappa shape index (κ1) is 23.9. The monoisotopic (exact) mass is 500 g/mol. The molecular weight excluding hydrogens is 475 g/mol. The normalized spacial score (nSPS) is 15.6. The van der Waals surface area contributed by atoms with Crippen molar-refractivity contribution in [3.8, 4) is 28.9 Å². The van der Waals surface area contributed by atoms with Gasteiger partial charge in [-0.1, -0.05) is 0 Å². The highest BCUT2D eigenvalue weighted by molar-refractivity contribution is 5.94. The molecule has 11 nitrogen and oxygen atoms in total. The van der Waals surface area contributed by atoms with E-state index in [4.69, 9.17) is 23.7 Å². The first-order chi connectivity index (χ1) is 17.5. The molecule has 1 aromatic heterocycles. The summed E-state index contributed by atoms with van der Waals surface area (Å²) in [5.74, 6) is 0.227. The highest BCUT2D eigenvalue weighted by Crippen LogP contribution is 2.48. The first-order valence-electron chi connectivity index (χ1n) is 11.6. The maximum absolute atomic E-state index is 14.7. The predicted molar refractivity (Wildman–Crippen MR) is 126 cm³/mol. The zero-order chi connectivity index (χ0) is 25.1. The van der Waals surface area contributed by atoms with Gasteiger partial charge in [0.2, 0.25) is 11.6 Å². The number of nitro groups is 1. The van der Waals surface area contributed by atoms with Gasteiger partial charge in [-0.25, -0.2) is 14.4 Å². The van der Waals surface area contributed by atoms with Gasteiger partial charge in [0, 0.05) is 37.3 Å². The van der Waals surface area contributed by atoms with Gasteiger partial charge in [0.25, 0.3) is 5.69 Å². The smallest absolute Gasteiger partial charge is 0.272 e. The van der Waals surface area contributed by atoms with E-state index in [0.29, 0.717) is 48.0 Å². The zero-order valence-electron chi connectivity index (χ0n) is 19.7. The Morgan fingerprint density at radius 3 is 2.64 bits per heavy atom. The Labute approximate surface area is 205 Å². The van der Waals surface area contributed by atoms with Crippen molar-refractivity contribution in [2.45, 2.75) is 13.3 Å². The Bertz CT molecular complexity index is 1260. The number of nitrogens with zero attached hydrogens (tertiary/aromatic N) is 4. The molecule has 0 unspecified atom stereocenters. The van der Waals surface area contributed by atoms with E-state index in [2.05, 4.69) is 14.9 Å². The molecule has 2 aliphatic rings. The molecule has 3 aromatic rings. The van der Waals surface area contributed by atoms with E-state index >= 15 is 0 Å². The molecule has 0 saturated carbocycles. The van der Waals surface area contributed by atoms with Crippen LogP contribution in [0.3, 0.4) is 0 Å². The second kappa shape index (κ2) is 10.5. The van der Waals surface area contributed by atoms with E-state index in [0.717, 1.165) is 45.3 Å². The summed E-state index contributed by atoms with van der Waals surface area (Å²) < 4.78 is 43.7. The number of hydrogen-bond donors (Lipinski definition) is 0. The van der Waals surface area contributed by atoms with Crippen LogP contribution in [0.25, 0.3) is 10.9 Å². The SMILES string of the molecule is Cc1cc([N+](=O)[O-])cc(F)c1Oc1ncnc2cc(OCCCN3CCOCC3)c3c(c12)OCCO3. The molecule has 1 saturated heterocycles. The summed E-state index contributed by atoms with van der Waals surface area (Å²) in [6.07, 6.45) is 2.11. The number of aromatic nitrogens is 2. The quantitative estimate of drug-likeness (QED) is 0.258. The average molecular weight is 500 g/mol. The van der Waals surface area contributed by atoms with E-state index < -0.39 is 10.7 Å². The van der Waals surface area contributed by atoms with Crippen LogP contribution in [0.1, 0.15) is 12.0 Å². The number of rotatable bonds is 8. The molecule has 2 aliphatic heterocycles. The van der Waals surface area contributed by atoms with Crippen molar-refractivity contribution in [2.24, 2.45) is 0 Å². The van der Waals surface area contributed by atoms with Crippen LogP contribution in [0.4, 0.5) is 10.1 Å². The van der Waals surface area contributed by atoms with Crippen LogP contribution in [0.15, 0.2) is 24.5 Å². The van der Waals surface area contributed by atoms with Gasteiger partial charge in [0.05, 0.1) is 36.3 Å². The number of hydrogen-bond acceptors (Lipinski definition) is 10. The molecule has 0 spiro atoms. The third kappa shape index (κ3) is 4.95. The lowest BCUT2D eigenvalue weighted by Crippen LogP contribution is -2.37. The predicted octanol–water partition coefficient (Wildman–Crippen LogP) is 3.65. The number of ether oxygens (including phenoxy) is 5. The fourth-order valence-corrected chi connectivity index (χ4v) is 4.21. The molecular formula is C24H25FN4O7. The summed E-state index contributed by atoms with van der Waals surface area (Å²) in [6.45, 7) is 6.84. The first-order valence-corrected chi connectivity index (χ1v) is 11.6. The number of aryl methyl sites for hydroxylation is 1. The van der Waals surface area contributed by atoms with Crippen LogP contribution in [0.5, 0.6) is 28.9 Å². The summed E-state index contributed by atoms with van der Waals surface area (Å²) in [5.41, 5.74) is 0.349. The lowest BCUT2D eigenvalue weighted by Gasteiger charge is -2.26. The van der Waals surface area contributed by atoms with Crippen molar-refractivity contribution in [1.82, 2.24) is 14.9 Å². The van der Waals surface area contributed by atoms with Crippen molar-refractivity contribution in [1.29, 1.82) is 0 Å². The molecule has 2 aromatic carbocycles. The number of nitro benzene ring substituents is 1. The van der Waals surface area contributed by atoms with E-state index in [-0.39, 0.29) is 22.9 Å². The van der Waals surface area contributed by atoms with Gasteiger partial charge in [-0.3, -0.25) is 15.0 Å². The minimum Gasteiger partial charge on any atom is -0.489 e. The van der Waals surface area contributed by atoms with Gasteiger partial charge >= 0.3 is 0 Å². The van der Waals surface area contributed by atoms with Gasteiger partial charge < -0.3 is 23.7 Å². The summed E-state index contributed by atoms with van der Waals surface area (Å²) >= 11 is 0. The molecule has 0 aliphatic carbocycles. The molecule has 3 heterocycles. The van der Waals surface area contributed by atoms with Crippen molar-refractivity contribution >= 4 is 16.6 Å². The summed E-state index contributed by atoms with van der Waals surface area (Å²) in [7, 11) is 0. The van der Waals surface area contributed by atoms with Crippen LogP contribution in [0.2, 0.25) is 0 Å². The number of fused-ring (bicyclic) bond motifs is 3. The lowest BCUT2D eigenvalue weighted by molar-refractivity contribution is -0.385. The van der Waals surface area contributed by atoms with Crippen LogP contribution in [0, 0.1) is 22.9 Å². The van der Waals surface area contributed by atoms with Crippen LogP contribution < -0.4 is 18.9 Å². The van der Waals surface area contributed by atoms with Crippen LogP contribution in [-0.2, 0) is 4.74 Å². The number of non-ortho nitro benzene ring substituents is 1. The Morgan fingerprint density at radius 1 is 1.11 bits per heavy atom. The fourth-order valence-electron chi connectivity index (χ4n) is 4.21. The fraction of sp³-hybridized carbons (Fsp3) is 0.417. The van der Waals surface area contributed by atoms with Crippen LogP contribution >= 0.6 is 0 Å². The Hall–Kier alpha value is -3.77. The maximum atomic E-state index is 14.7. The third-order valence-electron chi connectivity index (χ3n) is 5.95. The summed E-state index contributed by atoms with van der Waals surface area (Å²) in [4.78, 5) is 21.2. The van der Waals surface area contributed by atoms with E-state index in [1.165, 1.54) is 19.3 Å². The van der Waals surface area contributed by atoms with E-state index in [1.807, 2.05) is 0 Å². The molecule has 1 fully saturated rings. The summed E-state index contributed by atoms with van der Waals surface area (Å²) in [6, 6.07) is 3.76. The molecule has 0 amide bonds. The maximum Gasteiger partial charge on any atom is 0.272 e. The Morgan fingerprint density at radius 2 is 1.89 bits per heavy atom. The molecule has 0 radical (unpaired) electrons. The third-order valence-corrected chi connectivity index (χ3v) is 5.95. The molecule has 5 rings (SSSR count). The highest BCUT2D eigenvalue weighted by Gasteiger charge is 2.26. The highest BCUT2D eigenvalue weighted by atomic mass is 19.1. The number of morpholine rings is 1. The van der Waals surface area contributed by atoms with Crippen molar-refractivity contribution in [2.75, 3.05) is 52.7 Å². The molecule has 0 bridgehead atoms. The van der Waals surface area contributed by atoms with Crippen molar-refractivity contribution in [3.05, 3.63) is 46.0 Å². The van der Waals surface area contributed by atoms with Crippen molar-refractivity contribution < 1.29 is 33.0 Å². The van der Waals surface area contributed by atoms with E-state index in [1.54, 1.807) is 6.07 Å². The van der Waals surface area contributed by atoms with Gasteiger partial charge in [0.15, 0.2) is 23.1 Å². The Balaban J connectivity index is 1.42. The minimum atomic E-state index is -0.875. The van der Waals surface area contributed by atoms with Gasteiger partial charge in [0.1, 0.15) is 24.9 Å². The van der Waals surface area contributed by atoms with Crippen molar-refractivity contribution in [3.63, 3.8) is 0 Å². The van der Waals surface area contributed by atoms with Gasteiger partial charge in [-0.2, -0.15) is 0 Å². The Kier molecular flexibility index (Phi) is 6.96. The molecule has 0 N–H and O–H groups in total. The minimum absolute atomic E-state index is 0.0384. The standard InChI is InChI=1S/C24H25FN4O7/c1-15-11-16(29(30)31)12-17(25)21(15)36-24-20-18(26-14-27-24)13-19(22-23(20)35-10-9-34-22)33-6-2-3-28-4-7-32-8-5-28/h11-14H,2-10H2,1H3. The molecule has 36 heavy (non-hydrogen) atoms. The summed E-state index contributed by atoms with van der Waals surface area (Å²) in [5, 5.41) is 11.4. The van der Waals surface area contributed by atoms with Gasteiger partial charge in [-0.05, 0) is 13.3 Å².